The number of nitrogens with zero attached hydrogens (tertiary/aromatic N) is 5. The number of nitrogens with one attached hydrogen (secondary N) is 3. The van der Waals surface area contributed by atoms with Crippen LogP contribution in [0.25, 0.3) is 0 Å². The zero-order chi connectivity index (χ0) is 34.4. The van der Waals surface area contributed by atoms with Crippen molar-refractivity contribution in [1.82, 2.24) is 14.9 Å². The van der Waals surface area contributed by atoms with E-state index in [9.17, 15) is 13.2 Å². The number of methoxy groups -OCH3 is 1. The molecule has 13 nitrogen and oxygen atoms in total. The van der Waals surface area contributed by atoms with Crippen LogP contribution in [0.15, 0.2) is 54.3 Å². The second-order valence-electron chi connectivity index (χ2n) is 12.2. The fourth-order valence-electron chi connectivity index (χ4n) is 4.32. The Morgan fingerprint density at radius 3 is 2.37 bits per heavy atom. The Hall–Kier alpha value is -4.69. The first-order valence-corrected chi connectivity index (χ1v) is 16.4. The first-order valence-electron chi connectivity index (χ1n) is 14.5. The van der Waals surface area contributed by atoms with Gasteiger partial charge in [-0.2, -0.15) is 0 Å². The van der Waals surface area contributed by atoms with E-state index in [4.69, 9.17) is 10.5 Å². The number of rotatable bonds is 13. The minimum atomic E-state index is -3.63. The molecule has 1 aromatic heterocycles. The molecular formula is C32H45N9O4S. The van der Waals surface area contributed by atoms with Gasteiger partial charge in [0.05, 0.1) is 42.3 Å². The summed E-state index contributed by atoms with van der Waals surface area (Å²) in [6.07, 6.45) is 4.17. The van der Waals surface area contributed by atoms with Crippen molar-refractivity contribution in [2.75, 3.05) is 67.9 Å². The number of aromatic nitrogens is 2. The Morgan fingerprint density at radius 1 is 1.11 bits per heavy atom. The molecule has 0 saturated heterocycles. The van der Waals surface area contributed by atoms with Gasteiger partial charge in [-0.15, -0.1) is 0 Å². The third kappa shape index (κ3) is 9.41. The van der Waals surface area contributed by atoms with E-state index in [1.165, 1.54) is 13.3 Å². The molecule has 3 rings (SSSR count). The number of hydrogen-bond acceptors (Lipinski definition) is 10. The quantitative estimate of drug-likeness (QED) is 0.155. The molecule has 3 aromatic rings. The minimum Gasteiger partial charge on any atom is -0.492 e. The molecule has 46 heavy (non-hydrogen) atoms. The average molecular weight is 652 g/mol. The van der Waals surface area contributed by atoms with Gasteiger partial charge in [0, 0.05) is 25.7 Å². The lowest BCUT2D eigenvalue weighted by Gasteiger charge is -2.24. The van der Waals surface area contributed by atoms with Crippen LogP contribution in [0.3, 0.4) is 0 Å². The van der Waals surface area contributed by atoms with Crippen molar-refractivity contribution in [2.24, 2.45) is 10.7 Å². The fourth-order valence-corrected chi connectivity index (χ4v) is 4.87. The molecule has 0 aliphatic rings. The molecule has 248 valence electrons. The number of carbonyl (C=O) groups excluding carboxylic acids is 1. The van der Waals surface area contributed by atoms with E-state index in [1.807, 2.05) is 53.7 Å². The number of hydrogen-bond donors (Lipinski definition) is 4. The maximum absolute atomic E-state index is 13.6. The van der Waals surface area contributed by atoms with Gasteiger partial charge in [0.25, 0.3) is 5.91 Å². The average Bonchev–Trinajstić information content (AvgIpc) is 2.95. The third-order valence-corrected chi connectivity index (χ3v) is 7.51. The van der Waals surface area contributed by atoms with Crippen molar-refractivity contribution in [3.8, 4) is 5.75 Å². The summed E-state index contributed by atoms with van der Waals surface area (Å²) in [5.41, 5.74) is 9.92. The molecule has 0 radical (unpaired) electrons. The molecule has 2 aromatic carbocycles. The Morgan fingerprint density at radius 2 is 1.78 bits per heavy atom. The van der Waals surface area contributed by atoms with Crippen LogP contribution in [0.2, 0.25) is 0 Å². The molecule has 14 heteroatoms. The Balaban J connectivity index is 2.03. The lowest BCUT2D eigenvalue weighted by Crippen LogP contribution is -2.30. The number of benzene rings is 2. The number of ether oxygens (including phenoxy) is 1. The molecule has 0 aliphatic heterocycles. The monoisotopic (exact) mass is 651 g/mol. The van der Waals surface area contributed by atoms with Crippen LogP contribution >= 0.6 is 0 Å². The summed E-state index contributed by atoms with van der Waals surface area (Å²) in [5.74, 6) is 0.320. The van der Waals surface area contributed by atoms with E-state index in [0.29, 0.717) is 40.8 Å². The number of sulfonamides is 1. The van der Waals surface area contributed by atoms with Crippen molar-refractivity contribution < 1.29 is 17.9 Å². The predicted molar refractivity (Wildman–Crippen MR) is 187 cm³/mol. The van der Waals surface area contributed by atoms with Crippen LogP contribution in [0, 0.1) is 6.92 Å². The second-order valence-corrected chi connectivity index (χ2v) is 13.9. The molecular weight excluding hydrogens is 606 g/mol. The largest absolute Gasteiger partial charge is 0.492 e. The van der Waals surface area contributed by atoms with Gasteiger partial charge in [0.2, 0.25) is 16.0 Å². The number of aliphatic imine (C=N–C) groups is 1. The summed E-state index contributed by atoms with van der Waals surface area (Å²) in [6.45, 7) is 13.0. The van der Waals surface area contributed by atoms with Crippen LogP contribution in [-0.2, 0) is 15.4 Å². The Labute approximate surface area is 272 Å². The number of likely N-dealkylation sites (N-methyl/N-ethyl adjacent to an activating group) is 2. The van der Waals surface area contributed by atoms with Gasteiger partial charge in [-0.1, -0.05) is 33.4 Å². The molecule has 0 saturated carbocycles. The minimum absolute atomic E-state index is 0.116. The fraction of sp³-hybridized carbons (Fsp3) is 0.375. The first kappa shape index (κ1) is 35.8. The molecule has 0 aliphatic carbocycles. The van der Waals surface area contributed by atoms with Crippen LogP contribution in [0.4, 0.5) is 28.7 Å². The standard InChI is InChI=1S/C32H45N9O4S/c1-11-34-26-19-35-31(41(8)15-14-40(6)7)38-27(26)29(33)36-23-16-21(13-12-20(23)2)30(42)37-24-17-22(32(3,4)5)18-25(28(24)45-9)39-46(10,43)44/h11-13,16-19,34,39H,1,14-15H2,2-10H3,(H2,33,36)(H,37,42). The summed E-state index contributed by atoms with van der Waals surface area (Å²) in [7, 11) is 3.66. The van der Waals surface area contributed by atoms with E-state index >= 15 is 0 Å². The number of nitrogens with two attached hydrogens (primary N) is 1. The van der Waals surface area contributed by atoms with Gasteiger partial charge in [-0.05, 0) is 68.0 Å². The number of aryl methyl sites for hydroxylation is 1. The van der Waals surface area contributed by atoms with Gasteiger partial charge in [-0.3, -0.25) is 9.52 Å². The normalized spacial score (nSPS) is 12.1. The van der Waals surface area contributed by atoms with Crippen molar-refractivity contribution in [3.05, 3.63) is 71.7 Å². The molecule has 0 spiro atoms. The van der Waals surface area contributed by atoms with Gasteiger partial charge in [0.15, 0.2) is 11.6 Å². The highest BCUT2D eigenvalue weighted by Crippen LogP contribution is 2.39. The Kier molecular flexibility index (Phi) is 11.4. The van der Waals surface area contributed by atoms with Crippen LogP contribution in [0.1, 0.15) is 48.0 Å². The maximum atomic E-state index is 13.6. The van der Waals surface area contributed by atoms with E-state index in [1.54, 1.807) is 36.5 Å². The van der Waals surface area contributed by atoms with Crippen molar-refractivity contribution >= 4 is 50.5 Å². The molecule has 0 atom stereocenters. The molecule has 1 amide bonds. The highest BCUT2D eigenvalue weighted by atomic mass is 32.2. The van der Waals surface area contributed by atoms with E-state index in [2.05, 4.69) is 41.8 Å². The van der Waals surface area contributed by atoms with E-state index in [-0.39, 0.29) is 22.7 Å². The molecule has 5 N–H and O–H groups in total. The topological polar surface area (TPSA) is 167 Å². The molecule has 0 fully saturated rings. The van der Waals surface area contributed by atoms with Crippen LogP contribution in [0.5, 0.6) is 5.75 Å². The van der Waals surface area contributed by atoms with Gasteiger partial charge in [0.1, 0.15) is 5.69 Å². The zero-order valence-electron chi connectivity index (χ0n) is 28.0. The van der Waals surface area contributed by atoms with Crippen molar-refractivity contribution in [2.45, 2.75) is 33.1 Å². The smallest absolute Gasteiger partial charge is 0.255 e. The first-order chi connectivity index (χ1) is 21.4. The molecule has 0 bridgehead atoms. The zero-order valence-corrected chi connectivity index (χ0v) is 28.8. The predicted octanol–water partition coefficient (Wildman–Crippen LogP) is 4.31. The number of anilines is 4. The summed E-state index contributed by atoms with van der Waals surface area (Å²) < 4.78 is 32.3. The highest BCUT2D eigenvalue weighted by molar-refractivity contribution is 7.92. The molecule has 0 unspecified atom stereocenters. The van der Waals surface area contributed by atoms with Crippen molar-refractivity contribution in [3.63, 3.8) is 0 Å². The third-order valence-electron chi connectivity index (χ3n) is 6.92. The highest BCUT2D eigenvalue weighted by Gasteiger charge is 2.23. The van der Waals surface area contributed by atoms with Gasteiger partial charge >= 0.3 is 0 Å². The second kappa shape index (κ2) is 14.6. The van der Waals surface area contributed by atoms with E-state index < -0.39 is 15.9 Å². The van der Waals surface area contributed by atoms with Crippen molar-refractivity contribution in [1.29, 1.82) is 0 Å². The number of carbonyl (C=O) groups is 1. The lowest BCUT2D eigenvalue weighted by atomic mass is 9.86. The number of amides is 1. The lowest BCUT2D eigenvalue weighted by molar-refractivity contribution is 0.102. The van der Waals surface area contributed by atoms with Gasteiger partial charge in [-0.25, -0.2) is 23.4 Å². The SMILES string of the molecule is C=CNc1cnc(N(C)CCN(C)C)nc1C(N)=Nc1cc(C(=O)Nc2cc(C(C)(C)C)cc(NS(C)(=O)=O)c2OC)ccc1C. The van der Waals surface area contributed by atoms with Crippen LogP contribution in [-0.4, -0.2) is 82.6 Å². The van der Waals surface area contributed by atoms with Crippen LogP contribution < -0.4 is 30.7 Å². The summed E-state index contributed by atoms with van der Waals surface area (Å²) in [4.78, 5) is 31.4. The Bertz CT molecular complexity index is 1730. The van der Waals surface area contributed by atoms with E-state index in [0.717, 1.165) is 23.9 Å². The summed E-state index contributed by atoms with van der Waals surface area (Å²) in [6, 6.07) is 8.53. The number of amidine groups is 1. The maximum Gasteiger partial charge on any atom is 0.255 e. The summed E-state index contributed by atoms with van der Waals surface area (Å²) >= 11 is 0. The molecule has 1 heterocycles. The van der Waals surface area contributed by atoms with Gasteiger partial charge < -0.3 is 30.9 Å². The summed E-state index contributed by atoms with van der Waals surface area (Å²) in [5, 5.41) is 5.89.